The van der Waals surface area contributed by atoms with Gasteiger partial charge in [-0.2, -0.15) is 0 Å². The summed E-state index contributed by atoms with van der Waals surface area (Å²) in [7, 11) is 1.65. The zero-order chi connectivity index (χ0) is 14.2. The molecule has 0 spiro atoms. The van der Waals surface area contributed by atoms with Crippen LogP contribution in [0.3, 0.4) is 0 Å². The van der Waals surface area contributed by atoms with Crippen molar-refractivity contribution < 1.29 is 9.53 Å². The van der Waals surface area contributed by atoms with Crippen LogP contribution in [-0.4, -0.2) is 38.3 Å². The molecule has 1 saturated heterocycles. The quantitative estimate of drug-likeness (QED) is 0.863. The Kier molecular flexibility index (Phi) is 5.30. The number of benzene rings is 1. The average molecular weight is 376 g/mol. The van der Waals surface area contributed by atoms with E-state index in [4.69, 9.17) is 4.74 Å². The zero-order valence-electron chi connectivity index (χ0n) is 12.0. The fourth-order valence-electron chi connectivity index (χ4n) is 3.16. The standard InChI is InChI=1S/C15H19BrN2O2.ClH/c1-20-15(5-7-17-8-6-15)14(19)18-9-4-11-10-12(16)2-3-13(11)18;/h2-3,10,17H,4-9H2,1H3;1H. The SMILES string of the molecule is COC1(C(=O)N2CCc3cc(Br)ccc32)CCNCC1.Cl. The van der Waals surface area contributed by atoms with E-state index in [2.05, 4.69) is 27.3 Å². The van der Waals surface area contributed by atoms with Gasteiger partial charge in [0.05, 0.1) is 0 Å². The Morgan fingerprint density at radius 2 is 2.10 bits per heavy atom. The first kappa shape index (κ1) is 16.7. The third kappa shape index (κ3) is 2.97. The van der Waals surface area contributed by atoms with Crippen molar-refractivity contribution in [2.24, 2.45) is 0 Å². The Morgan fingerprint density at radius 1 is 1.38 bits per heavy atom. The number of hydrogen-bond donors (Lipinski definition) is 1. The highest BCUT2D eigenvalue weighted by molar-refractivity contribution is 9.10. The monoisotopic (exact) mass is 374 g/mol. The maximum absolute atomic E-state index is 13.0. The van der Waals surface area contributed by atoms with Crippen molar-refractivity contribution in [2.45, 2.75) is 24.9 Å². The number of fused-ring (bicyclic) bond motifs is 1. The summed E-state index contributed by atoms with van der Waals surface area (Å²) in [6.45, 7) is 2.42. The highest BCUT2D eigenvalue weighted by Gasteiger charge is 2.44. The first-order chi connectivity index (χ1) is 9.66. The number of rotatable bonds is 2. The van der Waals surface area contributed by atoms with E-state index in [1.165, 1.54) is 5.56 Å². The molecule has 3 rings (SSSR count). The summed E-state index contributed by atoms with van der Waals surface area (Å²) in [5.74, 6) is 0.113. The number of methoxy groups -OCH3 is 1. The summed E-state index contributed by atoms with van der Waals surface area (Å²) in [4.78, 5) is 14.9. The lowest BCUT2D eigenvalue weighted by Gasteiger charge is -2.37. The molecule has 6 heteroatoms. The van der Waals surface area contributed by atoms with Crippen molar-refractivity contribution in [1.82, 2.24) is 5.32 Å². The second kappa shape index (κ2) is 6.65. The number of anilines is 1. The van der Waals surface area contributed by atoms with Crippen LogP contribution in [0.2, 0.25) is 0 Å². The number of halogens is 2. The Labute approximate surface area is 139 Å². The van der Waals surface area contributed by atoms with Crippen LogP contribution < -0.4 is 10.2 Å². The number of hydrogen-bond acceptors (Lipinski definition) is 3. The molecule has 2 aliphatic heterocycles. The van der Waals surface area contributed by atoms with Crippen LogP contribution in [0.15, 0.2) is 22.7 Å². The molecule has 0 unspecified atom stereocenters. The van der Waals surface area contributed by atoms with Crippen molar-refractivity contribution in [3.63, 3.8) is 0 Å². The van der Waals surface area contributed by atoms with Crippen molar-refractivity contribution in [3.8, 4) is 0 Å². The first-order valence-corrected chi connectivity index (χ1v) is 7.82. The number of piperidine rings is 1. The molecule has 1 aromatic rings. The highest BCUT2D eigenvalue weighted by atomic mass is 79.9. The molecule has 1 fully saturated rings. The van der Waals surface area contributed by atoms with Gasteiger partial charge in [0.15, 0.2) is 0 Å². The lowest BCUT2D eigenvalue weighted by molar-refractivity contribution is -0.143. The van der Waals surface area contributed by atoms with Crippen LogP contribution in [0, 0.1) is 0 Å². The van der Waals surface area contributed by atoms with E-state index in [0.29, 0.717) is 0 Å². The molecule has 0 aliphatic carbocycles. The van der Waals surface area contributed by atoms with Gasteiger partial charge in [0.1, 0.15) is 5.60 Å². The number of carbonyl (C=O) groups is 1. The normalized spacial score (nSPS) is 19.8. The van der Waals surface area contributed by atoms with Gasteiger partial charge in [0.25, 0.3) is 5.91 Å². The van der Waals surface area contributed by atoms with E-state index in [1.54, 1.807) is 7.11 Å². The topological polar surface area (TPSA) is 41.6 Å². The van der Waals surface area contributed by atoms with Gasteiger partial charge in [0, 0.05) is 23.8 Å². The Hall–Kier alpha value is -0.620. The predicted molar refractivity (Wildman–Crippen MR) is 89.3 cm³/mol. The van der Waals surface area contributed by atoms with Crippen molar-refractivity contribution in [1.29, 1.82) is 0 Å². The van der Waals surface area contributed by atoms with Gasteiger partial charge in [-0.25, -0.2) is 0 Å². The Morgan fingerprint density at radius 3 is 2.76 bits per heavy atom. The summed E-state index contributed by atoms with van der Waals surface area (Å²) in [5, 5.41) is 3.29. The van der Waals surface area contributed by atoms with Gasteiger partial charge in [-0.05, 0) is 56.1 Å². The molecule has 4 nitrogen and oxygen atoms in total. The van der Waals surface area contributed by atoms with E-state index in [9.17, 15) is 4.79 Å². The van der Waals surface area contributed by atoms with E-state index in [0.717, 1.165) is 49.1 Å². The van der Waals surface area contributed by atoms with Gasteiger partial charge in [-0.1, -0.05) is 15.9 Å². The maximum atomic E-state index is 13.0. The van der Waals surface area contributed by atoms with E-state index < -0.39 is 5.60 Å². The minimum atomic E-state index is -0.653. The summed E-state index contributed by atoms with van der Waals surface area (Å²) >= 11 is 3.49. The third-order valence-corrected chi connectivity index (χ3v) is 4.87. The molecule has 21 heavy (non-hydrogen) atoms. The van der Waals surface area contributed by atoms with E-state index in [1.807, 2.05) is 17.0 Å². The summed E-state index contributed by atoms with van der Waals surface area (Å²) < 4.78 is 6.72. The second-order valence-corrected chi connectivity index (χ2v) is 6.34. The fraction of sp³-hybridized carbons (Fsp3) is 0.533. The van der Waals surface area contributed by atoms with Crippen LogP contribution in [0.1, 0.15) is 18.4 Å². The second-order valence-electron chi connectivity index (χ2n) is 5.43. The number of nitrogens with one attached hydrogen (secondary N) is 1. The number of ether oxygens (including phenoxy) is 1. The van der Waals surface area contributed by atoms with Crippen LogP contribution >= 0.6 is 28.3 Å². The predicted octanol–water partition coefficient (Wildman–Crippen LogP) is 2.53. The molecule has 0 radical (unpaired) electrons. The lowest BCUT2D eigenvalue weighted by Crippen LogP contribution is -2.55. The smallest absolute Gasteiger partial charge is 0.259 e. The van der Waals surface area contributed by atoms with Crippen LogP contribution in [0.25, 0.3) is 0 Å². The largest absolute Gasteiger partial charge is 0.368 e. The van der Waals surface area contributed by atoms with Gasteiger partial charge >= 0.3 is 0 Å². The minimum absolute atomic E-state index is 0. The molecular formula is C15H20BrClN2O2. The Bertz CT molecular complexity index is 532. The molecule has 0 atom stereocenters. The van der Waals surface area contributed by atoms with Crippen LogP contribution in [0.4, 0.5) is 5.69 Å². The zero-order valence-corrected chi connectivity index (χ0v) is 14.4. The molecule has 2 heterocycles. The molecule has 0 bridgehead atoms. The van der Waals surface area contributed by atoms with Crippen molar-refractivity contribution in [3.05, 3.63) is 28.2 Å². The van der Waals surface area contributed by atoms with E-state index >= 15 is 0 Å². The molecule has 2 aliphatic rings. The Balaban J connectivity index is 0.00000161. The van der Waals surface area contributed by atoms with Gasteiger partial charge in [0.2, 0.25) is 0 Å². The first-order valence-electron chi connectivity index (χ1n) is 7.02. The van der Waals surface area contributed by atoms with Crippen molar-refractivity contribution in [2.75, 3.05) is 31.6 Å². The number of amides is 1. The van der Waals surface area contributed by atoms with Gasteiger partial charge in [-0.3, -0.25) is 4.79 Å². The highest BCUT2D eigenvalue weighted by Crippen LogP contribution is 2.34. The molecular weight excluding hydrogens is 356 g/mol. The van der Waals surface area contributed by atoms with Crippen LogP contribution in [-0.2, 0) is 16.0 Å². The summed E-state index contributed by atoms with van der Waals surface area (Å²) in [5.41, 5.74) is 1.61. The molecule has 0 saturated carbocycles. The molecule has 1 aromatic carbocycles. The minimum Gasteiger partial charge on any atom is -0.368 e. The van der Waals surface area contributed by atoms with Gasteiger partial charge < -0.3 is 15.0 Å². The molecule has 116 valence electrons. The fourth-order valence-corrected chi connectivity index (χ4v) is 3.57. The van der Waals surface area contributed by atoms with Gasteiger partial charge in [-0.15, -0.1) is 12.4 Å². The van der Waals surface area contributed by atoms with E-state index in [-0.39, 0.29) is 18.3 Å². The summed E-state index contributed by atoms with van der Waals surface area (Å²) in [6.07, 6.45) is 2.40. The number of nitrogens with zero attached hydrogens (tertiary/aromatic N) is 1. The molecule has 0 aromatic heterocycles. The van der Waals surface area contributed by atoms with Crippen LogP contribution in [0.5, 0.6) is 0 Å². The number of carbonyl (C=O) groups excluding carboxylic acids is 1. The summed E-state index contributed by atoms with van der Waals surface area (Å²) in [6, 6.07) is 6.12. The maximum Gasteiger partial charge on any atom is 0.259 e. The third-order valence-electron chi connectivity index (χ3n) is 4.37. The molecule has 1 amide bonds. The molecule has 1 N–H and O–H groups in total. The lowest BCUT2D eigenvalue weighted by atomic mass is 9.90. The van der Waals surface area contributed by atoms with Crippen molar-refractivity contribution >= 4 is 39.9 Å². The average Bonchev–Trinajstić information content (AvgIpc) is 2.90.